The van der Waals surface area contributed by atoms with Crippen LogP contribution in [0.3, 0.4) is 0 Å². The minimum Gasteiger partial charge on any atom is -0.395 e. The highest BCUT2D eigenvalue weighted by atomic mass is 16.3. The number of H-pyrrole nitrogens is 1. The van der Waals surface area contributed by atoms with Crippen molar-refractivity contribution in [1.82, 2.24) is 25.1 Å². The number of fused-ring (bicyclic) bond motifs is 1. The van der Waals surface area contributed by atoms with E-state index in [0.29, 0.717) is 36.7 Å². The number of aromatic amines is 1. The van der Waals surface area contributed by atoms with Crippen LogP contribution in [-0.2, 0) is 13.0 Å². The Kier molecular flexibility index (Phi) is 4.90. The van der Waals surface area contributed by atoms with E-state index in [0.717, 1.165) is 23.2 Å². The van der Waals surface area contributed by atoms with Gasteiger partial charge in [0.2, 0.25) is 5.95 Å². The second kappa shape index (κ2) is 7.65. The van der Waals surface area contributed by atoms with Gasteiger partial charge < -0.3 is 21.1 Å². The highest BCUT2D eigenvalue weighted by Crippen LogP contribution is 2.24. The molecule has 2 aromatic heterocycles. The third kappa shape index (κ3) is 3.65. The number of hydrogen-bond donors (Lipinski definition) is 4. The number of carbonyl (C=O) groups excluding carboxylic acids is 1. The van der Waals surface area contributed by atoms with Crippen LogP contribution in [0.2, 0.25) is 0 Å². The van der Waals surface area contributed by atoms with E-state index >= 15 is 0 Å². The Bertz CT molecular complexity index is 1000. The van der Waals surface area contributed by atoms with E-state index in [1.807, 2.05) is 23.1 Å². The number of anilines is 2. The fraction of sp³-hybridized carbons (Fsp3) is 0.263. The van der Waals surface area contributed by atoms with Crippen molar-refractivity contribution in [3.05, 3.63) is 53.3 Å². The summed E-state index contributed by atoms with van der Waals surface area (Å²) in [7, 11) is 0. The highest BCUT2D eigenvalue weighted by Gasteiger charge is 2.23. The largest absolute Gasteiger partial charge is 0.395 e. The Balaban J connectivity index is 1.58. The molecule has 0 unspecified atom stereocenters. The fourth-order valence-corrected chi connectivity index (χ4v) is 3.28. The summed E-state index contributed by atoms with van der Waals surface area (Å²) in [6.07, 6.45) is 2.54. The predicted octanol–water partition coefficient (Wildman–Crippen LogP) is 1.05. The molecule has 1 aromatic carbocycles. The normalized spacial score (nSPS) is 13.2. The predicted molar refractivity (Wildman–Crippen MR) is 104 cm³/mol. The number of carbonyl (C=O) groups is 1. The molecule has 28 heavy (non-hydrogen) atoms. The lowest BCUT2D eigenvalue weighted by Crippen LogP contribution is -2.35. The molecule has 0 saturated carbocycles. The van der Waals surface area contributed by atoms with E-state index in [1.165, 1.54) is 0 Å². The summed E-state index contributed by atoms with van der Waals surface area (Å²) in [6, 6.07) is 9.05. The second-order valence-electron chi connectivity index (χ2n) is 6.58. The maximum atomic E-state index is 13.0. The van der Waals surface area contributed by atoms with Gasteiger partial charge in [-0.05, 0) is 12.1 Å². The van der Waals surface area contributed by atoms with Crippen LogP contribution in [0.1, 0.15) is 21.6 Å². The van der Waals surface area contributed by atoms with Gasteiger partial charge in [0, 0.05) is 54.5 Å². The molecule has 0 bridgehead atoms. The first-order valence-electron chi connectivity index (χ1n) is 9.04. The standard InChI is InChI=1S/C19H21N7O2/c20-19-23-16(9-17(24-19)21-5-7-27)12-2-1-3-13(8-12)18(28)26-6-4-15-14(11-26)10-22-25-15/h1-3,8-10,27H,4-7,11H2,(H,22,25)(H3,20,21,23,24). The average molecular weight is 379 g/mol. The molecular formula is C19H21N7O2. The van der Waals surface area contributed by atoms with Crippen LogP contribution >= 0.6 is 0 Å². The molecule has 0 fully saturated rings. The molecule has 9 heteroatoms. The third-order valence-corrected chi connectivity index (χ3v) is 4.65. The van der Waals surface area contributed by atoms with Gasteiger partial charge in [0.15, 0.2) is 0 Å². The van der Waals surface area contributed by atoms with Crippen LogP contribution in [-0.4, -0.2) is 55.8 Å². The number of benzene rings is 1. The molecule has 0 atom stereocenters. The van der Waals surface area contributed by atoms with Crippen molar-refractivity contribution in [3.63, 3.8) is 0 Å². The lowest BCUT2D eigenvalue weighted by Gasteiger charge is -2.26. The molecule has 0 saturated heterocycles. The van der Waals surface area contributed by atoms with Crippen LogP contribution in [0.4, 0.5) is 11.8 Å². The van der Waals surface area contributed by atoms with Crippen molar-refractivity contribution >= 4 is 17.7 Å². The van der Waals surface area contributed by atoms with E-state index in [9.17, 15) is 4.79 Å². The maximum absolute atomic E-state index is 13.0. The summed E-state index contributed by atoms with van der Waals surface area (Å²) in [5, 5.41) is 19.0. The third-order valence-electron chi connectivity index (χ3n) is 4.65. The molecule has 9 nitrogen and oxygen atoms in total. The molecule has 3 heterocycles. The molecule has 144 valence electrons. The second-order valence-corrected chi connectivity index (χ2v) is 6.58. The number of aromatic nitrogens is 4. The molecule has 3 aromatic rings. The van der Waals surface area contributed by atoms with E-state index in [2.05, 4.69) is 25.5 Å². The van der Waals surface area contributed by atoms with Gasteiger partial charge in [-0.2, -0.15) is 10.1 Å². The van der Waals surface area contributed by atoms with Crippen molar-refractivity contribution in [3.8, 4) is 11.3 Å². The summed E-state index contributed by atoms with van der Waals surface area (Å²) in [5.41, 5.74) is 9.93. The number of nitrogens with one attached hydrogen (secondary N) is 2. The smallest absolute Gasteiger partial charge is 0.254 e. The van der Waals surface area contributed by atoms with Crippen molar-refractivity contribution in [1.29, 1.82) is 0 Å². The van der Waals surface area contributed by atoms with Crippen molar-refractivity contribution < 1.29 is 9.90 Å². The van der Waals surface area contributed by atoms with Crippen molar-refractivity contribution in [2.24, 2.45) is 0 Å². The van der Waals surface area contributed by atoms with Gasteiger partial charge in [0.25, 0.3) is 5.91 Å². The first-order chi connectivity index (χ1) is 13.6. The first kappa shape index (κ1) is 17.9. The lowest BCUT2D eigenvalue weighted by molar-refractivity contribution is 0.0734. The Morgan fingerprint density at radius 1 is 1.32 bits per heavy atom. The maximum Gasteiger partial charge on any atom is 0.254 e. The Labute approximate surface area is 161 Å². The van der Waals surface area contributed by atoms with Gasteiger partial charge in [0.1, 0.15) is 5.82 Å². The molecule has 1 aliphatic heterocycles. The minimum atomic E-state index is -0.0330. The molecule has 0 aliphatic carbocycles. The summed E-state index contributed by atoms with van der Waals surface area (Å²) in [4.78, 5) is 23.2. The topological polar surface area (TPSA) is 133 Å². The van der Waals surface area contributed by atoms with Crippen LogP contribution in [0.25, 0.3) is 11.3 Å². The van der Waals surface area contributed by atoms with Crippen LogP contribution < -0.4 is 11.1 Å². The number of aliphatic hydroxyl groups is 1. The molecule has 0 spiro atoms. The van der Waals surface area contributed by atoms with E-state index < -0.39 is 0 Å². The zero-order valence-electron chi connectivity index (χ0n) is 15.2. The van der Waals surface area contributed by atoms with Gasteiger partial charge in [-0.25, -0.2) is 4.98 Å². The lowest BCUT2D eigenvalue weighted by atomic mass is 10.0. The van der Waals surface area contributed by atoms with Gasteiger partial charge in [-0.3, -0.25) is 9.89 Å². The number of nitrogens with zero attached hydrogens (tertiary/aromatic N) is 4. The molecule has 4 rings (SSSR count). The summed E-state index contributed by atoms with van der Waals surface area (Å²) < 4.78 is 0. The molecular weight excluding hydrogens is 358 g/mol. The number of nitrogens with two attached hydrogens (primary N) is 1. The van der Waals surface area contributed by atoms with Gasteiger partial charge in [-0.1, -0.05) is 12.1 Å². The first-order valence-corrected chi connectivity index (χ1v) is 9.04. The van der Waals surface area contributed by atoms with Crippen LogP contribution in [0, 0.1) is 0 Å². The Morgan fingerprint density at radius 3 is 3.07 bits per heavy atom. The molecule has 5 N–H and O–H groups in total. The van der Waals surface area contributed by atoms with Crippen molar-refractivity contribution in [2.45, 2.75) is 13.0 Å². The minimum absolute atomic E-state index is 0.0164. The van der Waals surface area contributed by atoms with Crippen molar-refractivity contribution in [2.75, 3.05) is 30.7 Å². The summed E-state index contributed by atoms with van der Waals surface area (Å²) in [5.74, 6) is 0.615. The molecule has 1 amide bonds. The van der Waals surface area contributed by atoms with E-state index in [4.69, 9.17) is 10.8 Å². The van der Waals surface area contributed by atoms with Gasteiger partial charge in [0.05, 0.1) is 18.5 Å². The average Bonchev–Trinajstić information content (AvgIpc) is 3.19. The van der Waals surface area contributed by atoms with Crippen LogP contribution in [0.15, 0.2) is 36.5 Å². The monoisotopic (exact) mass is 379 g/mol. The Morgan fingerprint density at radius 2 is 2.21 bits per heavy atom. The van der Waals surface area contributed by atoms with E-state index in [-0.39, 0.29) is 18.5 Å². The number of amides is 1. The number of hydrogen-bond acceptors (Lipinski definition) is 7. The summed E-state index contributed by atoms with van der Waals surface area (Å²) >= 11 is 0. The number of aliphatic hydroxyl groups excluding tert-OH is 1. The summed E-state index contributed by atoms with van der Waals surface area (Å²) in [6.45, 7) is 1.54. The zero-order valence-corrected chi connectivity index (χ0v) is 15.2. The molecule has 1 aliphatic rings. The SMILES string of the molecule is Nc1nc(NCCO)cc(-c2cccc(C(=O)N3CCc4[nH]ncc4C3)c2)n1. The number of rotatable bonds is 5. The van der Waals surface area contributed by atoms with E-state index in [1.54, 1.807) is 18.3 Å². The molecule has 0 radical (unpaired) electrons. The van der Waals surface area contributed by atoms with Gasteiger partial charge in [-0.15, -0.1) is 0 Å². The quantitative estimate of drug-likeness (QED) is 0.521. The van der Waals surface area contributed by atoms with Gasteiger partial charge >= 0.3 is 0 Å². The fourth-order valence-electron chi connectivity index (χ4n) is 3.28. The zero-order chi connectivity index (χ0) is 19.5. The van der Waals surface area contributed by atoms with Crippen LogP contribution in [0.5, 0.6) is 0 Å². The Hall–Kier alpha value is -3.46. The highest BCUT2D eigenvalue weighted by molar-refractivity contribution is 5.95. The number of nitrogen functional groups attached to an aromatic ring is 1.